The van der Waals surface area contributed by atoms with Gasteiger partial charge in [-0.05, 0) is 12.8 Å². The molecule has 0 aromatic rings. The van der Waals surface area contributed by atoms with Gasteiger partial charge in [-0.2, -0.15) is 0 Å². The van der Waals surface area contributed by atoms with Gasteiger partial charge in [0.15, 0.2) is 0 Å². The van der Waals surface area contributed by atoms with E-state index in [1.54, 1.807) is 5.48 Å². The highest BCUT2D eigenvalue weighted by Gasteiger charge is 2.23. The van der Waals surface area contributed by atoms with Gasteiger partial charge in [0.1, 0.15) is 0 Å². The van der Waals surface area contributed by atoms with Crippen LogP contribution in [0.15, 0.2) is 11.8 Å². The lowest BCUT2D eigenvalue weighted by atomic mass is 9.93. The van der Waals surface area contributed by atoms with E-state index in [9.17, 15) is 9.59 Å². The number of ketones is 2. The first kappa shape index (κ1) is 7.94. The molecule has 0 saturated heterocycles. The quantitative estimate of drug-likeness (QED) is 0.322. The molecule has 0 unspecified atom stereocenters. The third kappa shape index (κ3) is 1.65. The van der Waals surface area contributed by atoms with Gasteiger partial charge in [0.25, 0.3) is 0 Å². The summed E-state index contributed by atoms with van der Waals surface area (Å²) in [4.78, 5) is 21.7. The Hall–Kier alpha value is -1.16. The highest BCUT2D eigenvalue weighted by atomic mass is 16.5. The van der Waals surface area contributed by atoms with Crippen molar-refractivity contribution in [3.05, 3.63) is 11.8 Å². The van der Waals surface area contributed by atoms with Crippen molar-refractivity contribution < 1.29 is 14.8 Å². The number of carbonyl (C=O) groups excluding carboxylic acids is 2. The van der Waals surface area contributed by atoms with Crippen molar-refractivity contribution >= 4 is 11.6 Å². The first-order chi connectivity index (χ1) is 5.25. The Morgan fingerprint density at radius 1 is 1.36 bits per heavy atom. The average Bonchev–Trinajstić information content (AvgIpc) is 1.99. The maximum Gasteiger partial charge on any atom is 0.226 e. The van der Waals surface area contributed by atoms with Gasteiger partial charge in [-0.25, -0.2) is 0 Å². The van der Waals surface area contributed by atoms with Crippen molar-refractivity contribution in [2.45, 2.75) is 19.3 Å². The summed E-state index contributed by atoms with van der Waals surface area (Å²) in [6.07, 6.45) is 2.76. The molecule has 60 valence electrons. The van der Waals surface area contributed by atoms with Crippen molar-refractivity contribution in [1.29, 1.82) is 0 Å². The molecule has 0 spiro atoms. The fourth-order valence-electron chi connectivity index (χ4n) is 1.06. The van der Waals surface area contributed by atoms with Crippen LogP contribution < -0.4 is 5.48 Å². The van der Waals surface area contributed by atoms with Crippen molar-refractivity contribution in [2.24, 2.45) is 0 Å². The average molecular weight is 155 g/mol. The summed E-state index contributed by atoms with van der Waals surface area (Å²) in [5, 5.41) is 8.23. The summed E-state index contributed by atoms with van der Waals surface area (Å²) in [6, 6.07) is 0. The third-order valence-electron chi connectivity index (χ3n) is 1.63. The molecule has 11 heavy (non-hydrogen) atoms. The van der Waals surface area contributed by atoms with E-state index in [0.29, 0.717) is 24.8 Å². The highest BCUT2D eigenvalue weighted by molar-refractivity contribution is 6.44. The van der Waals surface area contributed by atoms with E-state index in [-0.39, 0.29) is 5.78 Å². The summed E-state index contributed by atoms with van der Waals surface area (Å²) in [5.41, 5.74) is 2.12. The van der Waals surface area contributed by atoms with Crippen molar-refractivity contribution in [2.75, 3.05) is 0 Å². The summed E-state index contributed by atoms with van der Waals surface area (Å²) in [7, 11) is 0. The molecule has 0 heterocycles. The second kappa shape index (κ2) is 3.30. The number of allylic oxidation sites excluding steroid dienone is 1. The van der Waals surface area contributed by atoms with E-state index in [0.717, 1.165) is 0 Å². The first-order valence-electron chi connectivity index (χ1n) is 3.42. The van der Waals surface area contributed by atoms with Crippen molar-refractivity contribution in [1.82, 2.24) is 5.48 Å². The molecule has 0 aromatic carbocycles. The van der Waals surface area contributed by atoms with Crippen LogP contribution in [0.4, 0.5) is 0 Å². The maximum absolute atomic E-state index is 10.9. The van der Waals surface area contributed by atoms with Crippen LogP contribution in [0.3, 0.4) is 0 Å². The van der Waals surface area contributed by atoms with E-state index in [2.05, 4.69) is 0 Å². The van der Waals surface area contributed by atoms with Crippen molar-refractivity contribution in [3.63, 3.8) is 0 Å². The van der Waals surface area contributed by atoms with Crippen LogP contribution in [0.25, 0.3) is 0 Å². The van der Waals surface area contributed by atoms with E-state index in [4.69, 9.17) is 5.21 Å². The zero-order valence-electron chi connectivity index (χ0n) is 5.96. The van der Waals surface area contributed by atoms with Crippen LogP contribution in [-0.4, -0.2) is 16.8 Å². The summed E-state index contributed by atoms with van der Waals surface area (Å²) in [6.45, 7) is 0. The standard InChI is InChI=1S/C7H9NO3/c9-6-3-1-2-5(4-8-11)7(6)10/h4,8,11H,1-3H2. The number of hydroxylamine groups is 1. The minimum absolute atomic E-state index is 0.335. The van der Waals surface area contributed by atoms with Gasteiger partial charge in [0.2, 0.25) is 11.6 Å². The van der Waals surface area contributed by atoms with Gasteiger partial charge in [0.05, 0.1) is 0 Å². The van der Waals surface area contributed by atoms with Gasteiger partial charge in [-0.1, -0.05) is 0 Å². The fourth-order valence-corrected chi connectivity index (χ4v) is 1.06. The zero-order chi connectivity index (χ0) is 8.27. The zero-order valence-corrected chi connectivity index (χ0v) is 5.96. The summed E-state index contributed by atoms with van der Waals surface area (Å²) >= 11 is 0. The van der Waals surface area contributed by atoms with Gasteiger partial charge < -0.3 is 0 Å². The highest BCUT2D eigenvalue weighted by Crippen LogP contribution is 2.15. The number of rotatable bonds is 1. The number of carbonyl (C=O) groups is 2. The molecule has 0 radical (unpaired) electrons. The van der Waals surface area contributed by atoms with Crippen molar-refractivity contribution in [3.8, 4) is 0 Å². The second-order valence-corrected chi connectivity index (χ2v) is 2.40. The minimum atomic E-state index is -0.474. The van der Waals surface area contributed by atoms with Crippen LogP contribution in [0, 0.1) is 0 Å². The molecule has 1 fully saturated rings. The molecule has 0 bridgehead atoms. The Morgan fingerprint density at radius 2 is 2.09 bits per heavy atom. The van der Waals surface area contributed by atoms with Gasteiger partial charge in [0, 0.05) is 18.2 Å². The molecule has 4 nitrogen and oxygen atoms in total. The van der Waals surface area contributed by atoms with Crippen LogP contribution in [0.2, 0.25) is 0 Å². The maximum atomic E-state index is 10.9. The smallest absolute Gasteiger partial charge is 0.226 e. The topological polar surface area (TPSA) is 66.4 Å². The number of nitrogens with one attached hydrogen (secondary N) is 1. The molecule has 0 aliphatic heterocycles. The molecule has 1 saturated carbocycles. The van der Waals surface area contributed by atoms with E-state index < -0.39 is 5.78 Å². The lowest BCUT2D eigenvalue weighted by molar-refractivity contribution is -0.135. The Labute approximate surface area is 63.9 Å². The number of hydrogen-bond acceptors (Lipinski definition) is 4. The van der Waals surface area contributed by atoms with Crippen LogP contribution >= 0.6 is 0 Å². The molecule has 2 N–H and O–H groups in total. The first-order valence-corrected chi connectivity index (χ1v) is 3.42. The second-order valence-electron chi connectivity index (χ2n) is 2.40. The van der Waals surface area contributed by atoms with Crippen LogP contribution in [0.5, 0.6) is 0 Å². The largest absolute Gasteiger partial charge is 0.292 e. The Balaban J connectivity index is 2.74. The Kier molecular flexibility index (Phi) is 2.38. The number of Topliss-reactive ketones (excluding diaryl/α,β-unsaturated/α-hetero) is 2. The van der Waals surface area contributed by atoms with Gasteiger partial charge in [-0.15, -0.1) is 0 Å². The predicted octanol–water partition coefficient (Wildman–Crippen LogP) is 0.171. The third-order valence-corrected chi connectivity index (χ3v) is 1.63. The molecule has 0 aromatic heterocycles. The van der Waals surface area contributed by atoms with E-state index in [1.807, 2.05) is 0 Å². The molecule has 1 aliphatic carbocycles. The summed E-state index contributed by atoms with van der Waals surface area (Å²) < 4.78 is 0. The van der Waals surface area contributed by atoms with Gasteiger partial charge >= 0.3 is 0 Å². The Morgan fingerprint density at radius 3 is 2.73 bits per heavy atom. The van der Waals surface area contributed by atoms with Crippen LogP contribution in [0.1, 0.15) is 19.3 Å². The molecular weight excluding hydrogens is 146 g/mol. The molecular formula is C7H9NO3. The van der Waals surface area contributed by atoms with Gasteiger partial charge in [-0.3, -0.25) is 20.3 Å². The fraction of sp³-hybridized carbons (Fsp3) is 0.429. The molecule has 0 atom stereocenters. The monoisotopic (exact) mass is 155 g/mol. The summed E-state index contributed by atoms with van der Waals surface area (Å²) in [5.74, 6) is -0.837. The lowest BCUT2D eigenvalue weighted by Gasteiger charge is -2.10. The minimum Gasteiger partial charge on any atom is -0.292 e. The predicted molar refractivity (Wildman–Crippen MR) is 36.9 cm³/mol. The molecule has 1 aliphatic rings. The number of hydrogen-bond donors (Lipinski definition) is 2. The Bertz CT molecular complexity index is 220. The van der Waals surface area contributed by atoms with E-state index in [1.165, 1.54) is 6.20 Å². The normalized spacial score (nSPS) is 22.5. The molecule has 1 rings (SSSR count). The van der Waals surface area contributed by atoms with Crippen LogP contribution in [-0.2, 0) is 9.59 Å². The molecule has 4 heteroatoms. The van der Waals surface area contributed by atoms with E-state index >= 15 is 0 Å². The molecule has 0 amide bonds. The SMILES string of the molecule is O=C1CCCC(=CNO)C1=O. The lowest BCUT2D eigenvalue weighted by Crippen LogP contribution is -2.22.